The summed E-state index contributed by atoms with van der Waals surface area (Å²) in [7, 11) is 0. The van der Waals surface area contributed by atoms with E-state index in [9.17, 15) is 9.59 Å². The van der Waals surface area contributed by atoms with Gasteiger partial charge in [0.15, 0.2) is 0 Å². The molecule has 0 atom stereocenters. The molecule has 104 valence electrons. The second-order valence-corrected chi connectivity index (χ2v) is 5.47. The molecule has 0 radical (unpaired) electrons. The van der Waals surface area contributed by atoms with Crippen LogP contribution < -0.4 is 5.32 Å². The first-order chi connectivity index (χ1) is 9.51. The number of carbonyl (C=O) groups excluding carboxylic acids is 1. The van der Waals surface area contributed by atoms with E-state index in [1.807, 2.05) is 18.4 Å². The molecule has 2 N–H and O–H groups in total. The fourth-order valence-corrected chi connectivity index (χ4v) is 2.91. The van der Waals surface area contributed by atoms with E-state index in [-0.39, 0.29) is 16.5 Å². The molecule has 20 heavy (non-hydrogen) atoms. The minimum atomic E-state index is -1.09. The molecule has 0 bridgehead atoms. The second-order valence-electron chi connectivity index (χ2n) is 4.12. The molecule has 6 heteroatoms. The van der Waals surface area contributed by atoms with Crippen LogP contribution in [0.4, 0.5) is 5.69 Å². The molecular weight excluding hydrogens is 298 g/mol. The van der Waals surface area contributed by atoms with Crippen LogP contribution in [0, 0.1) is 0 Å². The second kappa shape index (κ2) is 6.07. The van der Waals surface area contributed by atoms with Gasteiger partial charge < -0.3 is 10.4 Å². The first-order valence-corrected chi connectivity index (χ1v) is 7.18. The molecule has 0 fully saturated rings. The number of aromatic carboxylic acids is 1. The molecule has 2 rings (SSSR count). The maximum atomic E-state index is 12.2. The van der Waals surface area contributed by atoms with Gasteiger partial charge in [0.05, 0.1) is 10.4 Å². The van der Waals surface area contributed by atoms with E-state index in [2.05, 4.69) is 5.32 Å². The van der Waals surface area contributed by atoms with Gasteiger partial charge in [0.1, 0.15) is 0 Å². The number of hydrogen-bond donors (Lipinski definition) is 2. The fourth-order valence-electron chi connectivity index (χ4n) is 1.79. The molecule has 4 nitrogen and oxygen atoms in total. The number of carboxylic acids is 1. The van der Waals surface area contributed by atoms with Crippen LogP contribution in [-0.2, 0) is 6.42 Å². The molecule has 1 amide bonds. The number of carbonyl (C=O) groups is 2. The number of amides is 1. The van der Waals surface area contributed by atoms with Crippen LogP contribution in [0.1, 0.15) is 32.5 Å². The number of hydrogen-bond acceptors (Lipinski definition) is 3. The van der Waals surface area contributed by atoms with Crippen molar-refractivity contribution >= 4 is 40.5 Å². The monoisotopic (exact) mass is 309 g/mol. The van der Waals surface area contributed by atoms with E-state index >= 15 is 0 Å². The molecule has 1 aromatic heterocycles. The highest BCUT2D eigenvalue weighted by molar-refractivity contribution is 7.12. The molecular formula is C14H12ClNO3S. The number of rotatable bonds is 4. The van der Waals surface area contributed by atoms with Crippen molar-refractivity contribution in [2.75, 3.05) is 5.32 Å². The number of halogens is 1. The zero-order valence-corrected chi connectivity index (χ0v) is 12.2. The average molecular weight is 310 g/mol. The summed E-state index contributed by atoms with van der Waals surface area (Å²) in [5, 5.41) is 13.8. The molecule has 0 saturated carbocycles. The maximum Gasteiger partial charge on any atom is 0.335 e. The molecule has 0 saturated heterocycles. The molecule has 0 aliphatic heterocycles. The summed E-state index contributed by atoms with van der Waals surface area (Å²) in [5.41, 5.74) is 1.37. The molecule has 1 aromatic carbocycles. The Bertz CT molecular complexity index is 666. The molecule has 0 unspecified atom stereocenters. The maximum absolute atomic E-state index is 12.2. The van der Waals surface area contributed by atoms with Crippen molar-refractivity contribution in [3.05, 3.63) is 50.7 Å². The van der Waals surface area contributed by atoms with Crippen LogP contribution in [0.2, 0.25) is 5.02 Å². The van der Waals surface area contributed by atoms with Gasteiger partial charge in [-0.25, -0.2) is 4.79 Å². The molecule has 0 spiro atoms. The summed E-state index contributed by atoms with van der Waals surface area (Å²) in [5.74, 6) is -1.34. The summed E-state index contributed by atoms with van der Waals surface area (Å²) < 4.78 is 0. The smallest absolute Gasteiger partial charge is 0.335 e. The Kier molecular flexibility index (Phi) is 4.42. The van der Waals surface area contributed by atoms with Gasteiger partial charge in [0.2, 0.25) is 0 Å². The van der Waals surface area contributed by atoms with E-state index in [0.717, 1.165) is 12.0 Å². The topological polar surface area (TPSA) is 66.4 Å². The molecule has 2 aromatic rings. The quantitative estimate of drug-likeness (QED) is 0.899. The van der Waals surface area contributed by atoms with Crippen LogP contribution in [0.3, 0.4) is 0 Å². The lowest BCUT2D eigenvalue weighted by molar-refractivity contribution is 0.0696. The lowest BCUT2D eigenvalue weighted by atomic mass is 10.2. The van der Waals surface area contributed by atoms with Crippen molar-refractivity contribution in [2.45, 2.75) is 13.3 Å². The third kappa shape index (κ3) is 3.18. The highest BCUT2D eigenvalue weighted by Crippen LogP contribution is 2.22. The van der Waals surface area contributed by atoms with Gasteiger partial charge in [-0.15, -0.1) is 11.3 Å². The zero-order valence-electron chi connectivity index (χ0n) is 10.6. The van der Waals surface area contributed by atoms with Crippen molar-refractivity contribution in [3.63, 3.8) is 0 Å². The highest BCUT2D eigenvalue weighted by Gasteiger charge is 2.14. The summed E-state index contributed by atoms with van der Waals surface area (Å²) in [4.78, 5) is 23.7. The van der Waals surface area contributed by atoms with Crippen LogP contribution in [0.15, 0.2) is 29.6 Å². The standard InChI is InChI=1S/C14H12ClNO3S/c1-2-8-3-4-20-12(8)13(17)16-11-6-9(14(18)19)5-10(15)7-11/h3-7H,2H2,1H3,(H,16,17)(H,18,19). The first-order valence-electron chi connectivity index (χ1n) is 5.93. The molecule has 0 aliphatic carbocycles. The normalized spacial score (nSPS) is 10.3. The van der Waals surface area contributed by atoms with Gasteiger partial charge in [-0.05, 0) is 41.6 Å². The predicted molar refractivity (Wildman–Crippen MR) is 80.1 cm³/mol. The molecule has 1 heterocycles. The molecule has 0 aliphatic rings. The number of aryl methyl sites for hydroxylation is 1. The fraction of sp³-hybridized carbons (Fsp3) is 0.143. The predicted octanol–water partition coefficient (Wildman–Crippen LogP) is 3.91. The average Bonchev–Trinajstić information content (AvgIpc) is 2.86. The Labute approximate surface area is 125 Å². The van der Waals surface area contributed by atoms with Gasteiger partial charge >= 0.3 is 5.97 Å². The van der Waals surface area contributed by atoms with Crippen molar-refractivity contribution in [3.8, 4) is 0 Å². The Morgan fingerprint density at radius 2 is 2.10 bits per heavy atom. The van der Waals surface area contributed by atoms with Crippen LogP contribution in [-0.4, -0.2) is 17.0 Å². The van der Waals surface area contributed by atoms with E-state index in [0.29, 0.717) is 10.6 Å². The van der Waals surface area contributed by atoms with Gasteiger partial charge in [0.25, 0.3) is 5.91 Å². The Hall–Kier alpha value is -1.85. The van der Waals surface area contributed by atoms with Gasteiger partial charge in [-0.1, -0.05) is 18.5 Å². The van der Waals surface area contributed by atoms with Crippen LogP contribution >= 0.6 is 22.9 Å². The third-order valence-electron chi connectivity index (χ3n) is 2.74. The SMILES string of the molecule is CCc1ccsc1C(=O)Nc1cc(Cl)cc(C(=O)O)c1. The van der Waals surface area contributed by atoms with Gasteiger partial charge in [0, 0.05) is 10.7 Å². The van der Waals surface area contributed by atoms with Crippen molar-refractivity contribution in [1.82, 2.24) is 0 Å². The van der Waals surface area contributed by atoms with E-state index in [4.69, 9.17) is 16.7 Å². The zero-order chi connectivity index (χ0) is 14.7. The minimum absolute atomic E-state index is 0.0368. The van der Waals surface area contributed by atoms with Crippen molar-refractivity contribution in [1.29, 1.82) is 0 Å². The third-order valence-corrected chi connectivity index (χ3v) is 3.91. The Balaban J connectivity index is 2.26. The van der Waals surface area contributed by atoms with E-state index in [1.54, 1.807) is 0 Å². The number of carboxylic acid groups (broad SMARTS) is 1. The summed E-state index contributed by atoms with van der Waals surface area (Å²) in [6.45, 7) is 1.97. The summed E-state index contributed by atoms with van der Waals surface area (Å²) in [6.07, 6.45) is 0.766. The number of anilines is 1. The van der Waals surface area contributed by atoms with Crippen LogP contribution in [0.5, 0.6) is 0 Å². The van der Waals surface area contributed by atoms with Crippen molar-refractivity contribution < 1.29 is 14.7 Å². The summed E-state index contributed by atoms with van der Waals surface area (Å²) >= 11 is 7.20. The number of benzene rings is 1. The Morgan fingerprint density at radius 1 is 1.35 bits per heavy atom. The largest absolute Gasteiger partial charge is 0.478 e. The van der Waals surface area contributed by atoms with Crippen molar-refractivity contribution in [2.24, 2.45) is 0 Å². The lowest BCUT2D eigenvalue weighted by Gasteiger charge is -2.07. The lowest BCUT2D eigenvalue weighted by Crippen LogP contribution is -2.12. The van der Waals surface area contributed by atoms with E-state index < -0.39 is 5.97 Å². The summed E-state index contributed by atoms with van der Waals surface area (Å²) in [6, 6.07) is 6.14. The minimum Gasteiger partial charge on any atom is -0.478 e. The van der Waals surface area contributed by atoms with Gasteiger partial charge in [-0.3, -0.25) is 4.79 Å². The number of nitrogens with one attached hydrogen (secondary N) is 1. The van der Waals surface area contributed by atoms with Gasteiger partial charge in [-0.2, -0.15) is 0 Å². The van der Waals surface area contributed by atoms with Crippen LogP contribution in [0.25, 0.3) is 0 Å². The highest BCUT2D eigenvalue weighted by atomic mass is 35.5. The Morgan fingerprint density at radius 3 is 2.75 bits per heavy atom. The first kappa shape index (κ1) is 14.6. The number of thiophene rings is 1. The van der Waals surface area contributed by atoms with E-state index in [1.165, 1.54) is 29.5 Å².